The number of nitrogens with zero attached hydrogens (tertiary/aromatic N) is 1. The molecule has 55 valence electrons. The van der Waals surface area contributed by atoms with Gasteiger partial charge in [-0.15, -0.1) is 0 Å². The zero-order chi connectivity index (χ0) is 7.52. The van der Waals surface area contributed by atoms with E-state index in [1.807, 2.05) is 0 Å². The molecule has 0 amide bonds. The van der Waals surface area contributed by atoms with Crippen molar-refractivity contribution in [3.05, 3.63) is 35.4 Å². The third kappa shape index (κ3) is 1.32. The normalized spacial score (nSPS) is 15.6. The van der Waals surface area contributed by atoms with E-state index in [0.717, 1.165) is 19.4 Å². The first-order valence-corrected chi connectivity index (χ1v) is 3.93. The van der Waals surface area contributed by atoms with E-state index in [1.54, 1.807) is 0 Å². The zero-order valence-corrected chi connectivity index (χ0v) is 6.38. The summed E-state index contributed by atoms with van der Waals surface area (Å²) in [6.45, 7) is 0.900. The van der Waals surface area contributed by atoms with Gasteiger partial charge in [0.1, 0.15) is 0 Å². The van der Waals surface area contributed by atoms with Crippen LogP contribution in [0.15, 0.2) is 29.3 Å². The highest BCUT2D eigenvalue weighted by Crippen LogP contribution is 2.11. The van der Waals surface area contributed by atoms with Crippen molar-refractivity contribution in [1.82, 2.24) is 0 Å². The van der Waals surface area contributed by atoms with Crippen molar-refractivity contribution in [2.45, 2.75) is 12.8 Å². The molecule has 0 aromatic heterocycles. The van der Waals surface area contributed by atoms with Gasteiger partial charge in [0.2, 0.25) is 0 Å². The van der Waals surface area contributed by atoms with Gasteiger partial charge in [-0.3, -0.25) is 4.99 Å². The van der Waals surface area contributed by atoms with Crippen molar-refractivity contribution in [3.8, 4) is 0 Å². The Kier molecular flexibility index (Phi) is 1.72. The van der Waals surface area contributed by atoms with Crippen molar-refractivity contribution >= 4 is 6.21 Å². The second kappa shape index (κ2) is 2.87. The van der Waals surface area contributed by atoms with Gasteiger partial charge in [0.15, 0.2) is 0 Å². The average molecular weight is 144 g/mol. The topological polar surface area (TPSA) is 12.4 Å². The second-order valence-electron chi connectivity index (χ2n) is 2.74. The SMILES string of the molecule is [C]1=NCCc2ccccc2C1. The molecule has 0 N–H and O–H groups in total. The van der Waals surface area contributed by atoms with E-state index in [0.29, 0.717) is 0 Å². The lowest BCUT2D eigenvalue weighted by Gasteiger charge is -2.01. The second-order valence-corrected chi connectivity index (χ2v) is 2.74. The summed E-state index contributed by atoms with van der Waals surface area (Å²) in [7, 11) is 0. The summed E-state index contributed by atoms with van der Waals surface area (Å²) in [5, 5.41) is 0. The molecule has 1 aliphatic heterocycles. The summed E-state index contributed by atoms with van der Waals surface area (Å²) in [5.74, 6) is 0. The largest absolute Gasteiger partial charge is 0.287 e. The number of benzene rings is 1. The van der Waals surface area contributed by atoms with Crippen LogP contribution in [0.1, 0.15) is 11.1 Å². The first kappa shape index (κ1) is 6.59. The first-order valence-electron chi connectivity index (χ1n) is 3.93. The van der Waals surface area contributed by atoms with Gasteiger partial charge in [-0.1, -0.05) is 24.3 Å². The Morgan fingerprint density at radius 1 is 1.18 bits per heavy atom. The maximum Gasteiger partial charge on any atom is 0.0605 e. The Balaban J connectivity index is 2.40. The predicted octanol–water partition coefficient (Wildman–Crippen LogP) is 1.73. The van der Waals surface area contributed by atoms with Crippen LogP contribution < -0.4 is 0 Å². The van der Waals surface area contributed by atoms with Crippen LogP contribution >= 0.6 is 0 Å². The molecule has 0 fully saturated rings. The molecular weight excluding hydrogens is 134 g/mol. The average Bonchev–Trinajstić information content (AvgIpc) is 2.28. The minimum Gasteiger partial charge on any atom is -0.287 e. The van der Waals surface area contributed by atoms with Crippen LogP contribution in [0.5, 0.6) is 0 Å². The van der Waals surface area contributed by atoms with Gasteiger partial charge in [-0.05, 0) is 17.5 Å². The molecule has 0 saturated heterocycles. The molecular formula is C10H10N. The molecule has 0 atom stereocenters. The molecule has 0 saturated carbocycles. The number of rotatable bonds is 0. The summed E-state index contributed by atoms with van der Waals surface area (Å²) in [4.78, 5) is 4.14. The predicted molar refractivity (Wildman–Crippen MR) is 46.2 cm³/mol. The Labute approximate surface area is 66.8 Å². The van der Waals surface area contributed by atoms with Crippen LogP contribution in [0.2, 0.25) is 0 Å². The number of hydrogen-bond acceptors (Lipinski definition) is 1. The van der Waals surface area contributed by atoms with Gasteiger partial charge < -0.3 is 0 Å². The fraction of sp³-hybridized carbons (Fsp3) is 0.300. The van der Waals surface area contributed by atoms with Crippen LogP contribution in [-0.2, 0) is 12.8 Å². The maximum atomic E-state index is 4.14. The molecule has 2 rings (SSSR count). The molecule has 0 spiro atoms. The lowest BCUT2D eigenvalue weighted by Crippen LogP contribution is -1.91. The van der Waals surface area contributed by atoms with E-state index in [-0.39, 0.29) is 0 Å². The van der Waals surface area contributed by atoms with Gasteiger partial charge in [-0.25, -0.2) is 0 Å². The monoisotopic (exact) mass is 144 g/mol. The molecule has 1 heteroatoms. The molecule has 0 aliphatic carbocycles. The van der Waals surface area contributed by atoms with E-state index >= 15 is 0 Å². The Morgan fingerprint density at radius 2 is 2.00 bits per heavy atom. The molecule has 1 aromatic rings. The summed E-state index contributed by atoms with van der Waals surface area (Å²) in [5.41, 5.74) is 2.81. The van der Waals surface area contributed by atoms with Crippen molar-refractivity contribution in [2.75, 3.05) is 6.54 Å². The molecule has 0 bridgehead atoms. The standard InChI is InChI=1S/C10H10N/c1-2-4-10-6-8-11-7-5-9(10)3-1/h1-4H,5-7H2. The van der Waals surface area contributed by atoms with Crippen molar-refractivity contribution < 1.29 is 0 Å². The van der Waals surface area contributed by atoms with E-state index < -0.39 is 0 Å². The quantitative estimate of drug-likeness (QED) is 0.526. The number of hydrogen-bond donors (Lipinski definition) is 0. The Hall–Kier alpha value is -1.11. The highest BCUT2D eigenvalue weighted by atomic mass is 14.7. The lowest BCUT2D eigenvalue weighted by atomic mass is 10.0. The molecule has 1 heterocycles. The summed E-state index contributed by atoms with van der Waals surface area (Å²) in [6, 6.07) is 8.50. The lowest BCUT2D eigenvalue weighted by molar-refractivity contribution is 0.977. The van der Waals surface area contributed by atoms with Gasteiger partial charge in [-0.2, -0.15) is 0 Å². The minimum atomic E-state index is 0.885. The highest BCUT2D eigenvalue weighted by molar-refractivity contribution is 5.63. The van der Waals surface area contributed by atoms with Crippen LogP contribution in [0.3, 0.4) is 0 Å². The Bertz CT molecular complexity index is 276. The van der Waals surface area contributed by atoms with E-state index in [4.69, 9.17) is 0 Å². The van der Waals surface area contributed by atoms with Gasteiger partial charge in [0, 0.05) is 13.0 Å². The smallest absolute Gasteiger partial charge is 0.0605 e. The molecule has 0 unspecified atom stereocenters. The summed E-state index contributed by atoms with van der Waals surface area (Å²) in [6.07, 6.45) is 4.99. The third-order valence-corrected chi connectivity index (χ3v) is 1.99. The van der Waals surface area contributed by atoms with Gasteiger partial charge >= 0.3 is 0 Å². The third-order valence-electron chi connectivity index (χ3n) is 1.99. The van der Waals surface area contributed by atoms with Crippen LogP contribution in [0.4, 0.5) is 0 Å². The van der Waals surface area contributed by atoms with Crippen molar-refractivity contribution in [2.24, 2.45) is 4.99 Å². The van der Waals surface area contributed by atoms with Crippen molar-refractivity contribution in [1.29, 1.82) is 0 Å². The number of fused-ring (bicyclic) bond motifs is 1. The number of aliphatic imine (C=N–C) groups is 1. The fourth-order valence-electron chi connectivity index (χ4n) is 1.37. The Morgan fingerprint density at radius 3 is 2.91 bits per heavy atom. The van der Waals surface area contributed by atoms with E-state index in [2.05, 4.69) is 35.5 Å². The fourth-order valence-corrected chi connectivity index (χ4v) is 1.37. The van der Waals surface area contributed by atoms with Gasteiger partial charge in [0.25, 0.3) is 0 Å². The van der Waals surface area contributed by atoms with Crippen molar-refractivity contribution in [3.63, 3.8) is 0 Å². The maximum absolute atomic E-state index is 4.14. The first-order chi connectivity index (χ1) is 5.47. The molecule has 1 aromatic carbocycles. The van der Waals surface area contributed by atoms with Crippen LogP contribution in [-0.4, -0.2) is 12.8 Å². The molecule has 1 radical (unpaired) electrons. The van der Waals surface area contributed by atoms with Gasteiger partial charge in [0.05, 0.1) is 6.21 Å². The van der Waals surface area contributed by atoms with Crippen LogP contribution in [0.25, 0.3) is 0 Å². The molecule has 1 aliphatic rings. The summed E-state index contributed by atoms with van der Waals surface area (Å²) >= 11 is 0. The van der Waals surface area contributed by atoms with E-state index in [9.17, 15) is 0 Å². The zero-order valence-electron chi connectivity index (χ0n) is 6.38. The van der Waals surface area contributed by atoms with E-state index in [1.165, 1.54) is 11.1 Å². The minimum absolute atomic E-state index is 0.885. The molecule has 11 heavy (non-hydrogen) atoms. The molecule has 1 nitrogen and oxygen atoms in total. The highest BCUT2D eigenvalue weighted by Gasteiger charge is 2.02. The summed E-state index contributed by atoms with van der Waals surface area (Å²) < 4.78 is 0. The van der Waals surface area contributed by atoms with Crippen LogP contribution in [0, 0.1) is 0 Å².